The van der Waals surface area contributed by atoms with Gasteiger partial charge in [0.1, 0.15) is 22.8 Å². The summed E-state index contributed by atoms with van der Waals surface area (Å²) in [5, 5.41) is 2.98. The lowest BCUT2D eigenvalue weighted by Crippen LogP contribution is -2.26. The Morgan fingerprint density at radius 1 is 0.968 bits per heavy atom. The summed E-state index contributed by atoms with van der Waals surface area (Å²) in [5.74, 6) is 2.22. The minimum atomic E-state index is -0.0794. The molecule has 4 aromatic rings. The maximum atomic E-state index is 12.5. The molecule has 0 aliphatic carbocycles. The van der Waals surface area contributed by atoms with Gasteiger partial charge in [-0.3, -0.25) is 4.79 Å². The third-order valence-corrected chi connectivity index (χ3v) is 5.03. The predicted octanol–water partition coefficient (Wildman–Crippen LogP) is 3.36. The van der Waals surface area contributed by atoms with Gasteiger partial charge in [0.2, 0.25) is 5.91 Å². The molecule has 0 radical (unpaired) electrons. The van der Waals surface area contributed by atoms with Gasteiger partial charge in [0.25, 0.3) is 0 Å². The zero-order chi connectivity index (χ0) is 21.6. The molecular weight excluding hydrogens is 392 g/mol. The van der Waals surface area contributed by atoms with Crippen LogP contribution in [-0.2, 0) is 24.3 Å². The van der Waals surface area contributed by atoms with Gasteiger partial charge in [-0.25, -0.2) is 9.97 Å². The number of nitrogens with zero attached hydrogens (tertiary/aromatic N) is 3. The smallest absolute Gasteiger partial charge is 0.224 e. The molecule has 0 unspecified atom stereocenters. The first kappa shape index (κ1) is 20.4. The van der Waals surface area contributed by atoms with E-state index < -0.39 is 0 Å². The molecule has 7 nitrogen and oxygen atoms in total. The standard InChI is InChI=1S/C24H24N4O3/c1-30-19-10-8-17(9-11-19)16-28-22(27-21-7-4-12-25-24(21)28)15-26-23(29)14-18-5-3-6-20(13-18)31-2/h3-13H,14-16H2,1-2H3,(H,26,29). The maximum absolute atomic E-state index is 12.5. The first-order valence-electron chi connectivity index (χ1n) is 9.99. The molecule has 0 bridgehead atoms. The topological polar surface area (TPSA) is 78.3 Å². The van der Waals surface area contributed by atoms with Gasteiger partial charge in [0.05, 0.1) is 33.7 Å². The van der Waals surface area contributed by atoms with Crippen LogP contribution in [0.15, 0.2) is 66.9 Å². The van der Waals surface area contributed by atoms with Gasteiger partial charge in [-0.2, -0.15) is 0 Å². The first-order valence-corrected chi connectivity index (χ1v) is 9.99. The molecule has 7 heteroatoms. The summed E-state index contributed by atoms with van der Waals surface area (Å²) in [6, 6.07) is 19.2. The number of methoxy groups -OCH3 is 2. The van der Waals surface area contributed by atoms with Crippen molar-refractivity contribution in [3.63, 3.8) is 0 Å². The summed E-state index contributed by atoms with van der Waals surface area (Å²) in [4.78, 5) is 21.7. The van der Waals surface area contributed by atoms with Crippen molar-refractivity contribution >= 4 is 17.1 Å². The second-order valence-electron chi connectivity index (χ2n) is 7.11. The van der Waals surface area contributed by atoms with Crippen LogP contribution in [0, 0.1) is 0 Å². The summed E-state index contributed by atoms with van der Waals surface area (Å²) in [7, 11) is 3.26. The minimum absolute atomic E-state index is 0.0794. The Kier molecular flexibility index (Phi) is 6.12. The highest BCUT2D eigenvalue weighted by Crippen LogP contribution is 2.18. The molecule has 1 amide bonds. The normalized spacial score (nSPS) is 10.8. The van der Waals surface area contributed by atoms with Gasteiger partial charge < -0.3 is 19.4 Å². The fraction of sp³-hybridized carbons (Fsp3) is 0.208. The van der Waals surface area contributed by atoms with E-state index >= 15 is 0 Å². The lowest BCUT2D eigenvalue weighted by Gasteiger charge is -2.11. The van der Waals surface area contributed by atoms with E-state index in [9.17, 15) is 4.79 Å². The number of aromatic nitrogens is 3. The van der Waals surface area contributed by atoms with E-state index in [1.54, 1.807) is 20.4 Å². The SMILES string of the molecule is COc1ccc(Cn2c(CNC(=O)Cc3cccc(OC)c3)nc3cccnc32)cc1. The van der Waals surface area contributed by atoms with Crippen LogP contribution in [0.1, 0.15) is 17.0 Å². The van der Waals surface area contributed by atoms with Crippen LogP contribution in [0.25, 0.3) is 11.2 Å². The Bertz CT molecular complexity index is 1190. The van der Waals surface area contributed by atoms with Gasteiger partial charge in [0.15, 0.2) is 5.65 Å². The highest BCUT2D eigenvalue weighted by Gasteiger charge is 2.13. The summed E-state index contributed by atoms with van der Waals surface area (Å²) in [6.07, 6.45) is 2.02. The Morgan fingerprint density at radius 3 is 2.55 bits per heavy atom. The molecule has 0 atom stereocenters. The molecule has 1 N–H and O–H groups in total. The van der Waals surface area contributed by atoms with E-state index in [2.05, 4.69) is 15.3 Å². The van der Waals surface area contributed by atoms with Gasteiger partial charge in [-0.15, -0.1) is 0 Å². The van der Waals surface area contributed by atoms with E-state index in [1.165, 1.54) is 0 Å². The van der Waals surface area contributed by atoms with E-state index in [0.717, 1.165) is 39.6 Å². The lowest BCUT2D eigenvalue weighted by atomic mass is 10.1. The monoisotopic (exact) mass is 416 g/mol. The number of benzene rings is 2. The quantitative estimate of drug-likeness (QED) is 0.477. The average Bonchev–Trinajstić information content (AvgIpc) is 3.15. The molecule has 31 heavy (non-hydrogen) atoms. The summed E-state index contributed by atoms with van der Waals surface area (Å²) >= 11 is 0. The van der Waals surface area contributed by atoms with E-state index in [-0.39, 0.29) is 12.3 Å². The summed E-state index contributed by atoms with van der Waals surface area (Å²) in [5.41, 5.74) is 3.57. The van der Waals surface area contributed by atoms with Gasteiger partial charge in [0, 0.05) is 6.20 Å². The third kappa shape index (κ3) is 4.83. The lowest BCUT2D eigenvalue weighted by molar-refractivity contribution is -0.120. The Hall–Kier alpha value is -3.87. The number of hydrogen-bond donors (Lipinski definition) is 1. The molecular formula is C24H24N4O3. The van der Waals surface area contributed by atoms with Crippen molar-refractivity contribution in [1.29, 1.82) is 0 Å². The van der Waals surface area contributed by atoms with Crippen molar-refractivity contribution in [1.82, 2.24) is 19.9 Å². The van der Waals surface area contributed by atoms with Crippen molar-refractivity contribution in [3.05, 3.63) is 83.8 Å². The Morgan fingerprint density at radius 2 is 1.77 bits per heavy atom. The van der Waals surface area contributed by atoms with Crippen LogP contribution in [0.3, 0.4) is 0 Å². The minimum Gasteiger partial charge on any atom is -0.497 e. The van der Waals surface area contributed by atoms with Crippen LogP contribution in [0.2, 0.25) is 0 Å². The van der Waals surface area contributed by atoms with Crippen LogP contribution >= 0.6 is 0 Å². The molecule has 4 rings (SSSR count). The number of pyridine rings is 1. The van der Waals surface area contributed by atoms with Gasteiger partial charge in [-0.05, 0) is 47.5 Å². The molecule has 0 aliphatic rings. The number of rotatable bonds is 8. The highest BCUT2D eigenvalue weighted by molar-refractivity contribution is 5.78. The average molecular weight is 416 g/mol. The van der Waals surface area contributed by atoms with Gasteiger partial charge in [-0.1, -0.05) is 24.3 Å². The molecule has 158 valence electrons. The number of imidazole rings is 1. The number of amides is 1. The highest BCUT2D eigenvalue weighted by atomic mass is 16.5. The van der Waals surface area contributed by atoms with Crippen molar-refractivity contribution in [2.45, 2.75) is 19.5 Å². The molecule has 2 aromatic carbocycles. The molecule has 0 aliphatic heterocycles. The van der Waals surface area contributed by atoms with E-state index in [4.69, 9.17) is 9.47 Å². The molecule has 2 heterocycles. The van der Waals surface area contributed by atoms with Crippen molar-refractivity contribution < 1.29 is 14.3 Å². The number of hydrogen-bond acceptors (Lipinski definition) is 5. The molecule has 0 fully saturated rings. The number of carbonyl (C=O) groups is 1. The van der Waals surface area contributed by atoms with Crippen LogP contribution in [0.4, 0.5) is 0 Å². The zero-order valence-electron chi connectivity index (χ0n) is 17.5. The molecule has 0 spiro atoms. The second-order valence-corrected chi connectivity index (χ2v) is 7.11. The summed E-state index contributed by atoms with van der Waals surface area (Å²) in [6.45, 7) is 0.911. The summed E-state index contributed by atoms with van der Waals surface area (Å²) < 4.78 is 12.5. The zero-order valence-corrected chi connectivity index (χ0v) is 17.5. The fourth-order valence-corrected chi connectivity index (χ4v) is 3.43. The number of ether oxygens (including phenoxy) is 2. The predicted molar refractivity (Wildman–Crippen MR) is 118 cm³/mol. The van der Waals surface area contributed by atoms with E-state index in [0.29, 0.717) is 13.1 Å². The van der Waals surface area contributed by atoms with Crippen LogP contribution in [0.5, 0.6) is 11.5 Å². The van der Waals surface area contributed by atoms with Crippen molar-refractivity contribution in [2.75, 3.05) is 14.2 Å². The van der Waals surface area contributed by atoms with Crippen molar-refractivity contribution in [3.8, 4) is 11.5 Å². The second kappa shape index (κ2) is 9.30. The number of fused-ring (bicyclic) bond motifs is 1. The van der Waals surface area contributed by atoms with Crippen molar-refractivity contribution in [2.24, 2.45) is 0 Å². The number of nitrogens with one attached hydrogen (secondary N) is 1. The maximum Gasteiger partial charge on any atom is 0.224 e. The van der Waals surface area contributed by atoms with Crippen LogP contribution < -0.4 is 14.8 Å². The largest absolute Gasteiger partial charge is 0.497 e. The third-order valence-electron chi connectivity index (χ3n) is 5.03. The molecule has 0 saturated carbocycles. The Balaban J connectivity index is 1.51. The first-order chi connectivity index (χ1) is 15.2. The number of carbonyl (C=O) groups excluding carboxylic acids is 1. The van der Waals surface area contributed by atoms with Gasteiger partial charge >= 0.3 is 0 Å². The van der Waals surface area contributed by atoms with E-state index in [1.807, 2.05) is 65.2 Å². The molecule has 0 saturated heterocycles. The van der Waals surface area contributed by atoms with Crippen LogP contribution in [-0.4, -0.2) is 34.7 Å². The molecule has 2 aromatic heterocycles. The fourth-order valence-electron chi connectivity index (χ4n) is 3.43. The Labute approximate surface area is 180 Å².